The van der Waals surface area contributed by atoms with Crippen LogP contribution in [0.2, 0.25) is 0 Å². The molecule has 1 aliphatic rings. The summed E-state index contributed by atoms with van der Waals surface area (Å²) in [5.41, 5.74) is 0.983. The topological polar surface area (TPSA) is 88.6 Å². The Morgan fingerprint density at radius 2 is 1.86 bits per heavy atom. The molecule has 0 saturated carbocycles. The van der Waals surface area contributed by atoms with Crippen LogP contribution in [0, 0.1) is 0 Å². The quantitative estimate of drug-likeness (QED) is 0.694. The summed E-state index contributed by atoms with van der Waals surface area (Å²) in [5.74, 6) is -0.817. The number of nitrogens with one attached hydrogen (secondary N) is 1. The van der Waals surface area contributed by atoms with Crippen LogP contribution >= 0.6 is 11.8 Å². The van der Waals surface area contributed by atoms with Gasteiger partial charge in [-0.3, -0.25) is 24.3 Å². The van der Waals surface area contributed by atoms with E-state index >= 15 is 0 Å². The summed E-state index contributed by atoms with van der Waals surface area (Å²) in [6.07, 6.45) is 4.47. The molecule has 150 valence electrons. The zero-order valence-corrected chi connectivity index (χ0v) is 15.7. The van der Waals surface area contributed by atoms with Crippen molar-refractivity contribution in [3.63, 3.8) is 0 Å². The highest BCUT2D eigenvalue weighted by molar-refractivity contribution is 8.18. The van der Waals surface area contributed by atoms with Gasteiger partial charge >= 0.3 is 6.61 Å². The van der Waals surface area contributed by atoms with E-state index in [2.05, 4.69) is 15.0 Å². The molecule has 10 heteroatoms. The Morgan fingerprint density at radius 3 is 2.52 bits per heavy atom. The molecule has 0 spiro atoms. The molecule has 0 radical (unpaired) electrons. The van der Waals surface area contributed by atoms with Gasteiger partial charge in [-0.05, 0) is 47.7 Å². The molecule has 2 heterocycles. The number of thioether (sulfide) groups is 1. The first-order valence-electron chi connectivity index (χ1n) is 8.42. The van der Waals surface area contributed by atoms with E-state index in [1.807, 2.05) is 0 Å². The second-order valence-electron chi connectivity index (χ2n) is 5.77. The van der Waals surface area contributed by atoms with E-state index in [4.69, 9.17) is 0 Å². The summed E-state index contributed by atoms with van der Waals surface area (Å²) in [4.78, 5) is 41.6. The minimum absolute atomic E-state index is 0.00445. The van der Waals surface area contributed by atoms with Crippen molar-refractivity contribution in [1.29, 1.82) is 0 Å². The van der Waals surface area contributed by atoms with Crippen LogP contribution in [0.1, 0.15) is 15.9 Å². The SMILES string of the molecule is O=C(NCCN1C(=O)S/C(=C/c2ccc(OC(F)F)cc2)C1=O)c1ccncc1. The van der Waals surface area contributed by atoms with E-state index in [0.29, 0.717) is 11.1 Å². The predicted molar refractivity (Wildman–Crippen MR) is 102 cm³/mol. The van der Waals surface area contributed by atoms with Crippen molar-refractivity contribution >= 4 is 34.9 Å². The molecule has 3 amide bonds. The molecule has 2 aromatic rings. The normalized spacial score (nSPS) is 15.3. The zero-order chi connectivity index (χ0) is 20.8. The highest BCUT2D eigenvalue weighted by Gasteiger charge is 2.34. The van der Waals surface area contributed by atoms with Gasteiger partial charge in [0.25, 0.3) is 17.1 Å². The van der Waals surface area contributed by atoms with Gasteiger partial charge in [-0.25, -0.2) is 0 Å². The minimum Gasteiger partial charge on any atom is -0.435 e. The van der Waals surface area contributed by atoms with Gasteiger partial charge < -0.3 is 10.1 Å². The maximum Gasteiger partial charge on any atom is 0.387 e. The number of amides is 3. The van der Waals surface area contributed by atoms with Crippen LogP contribution in [0.4, 0.5) is 13.6 Å². The van der Waals surface area contributed by atoms with Crippen molar-refractivity contribution in [3.8, 4) is 5.75 Å². The number of nitrogens with zero attached hydrogens (tertiary/aromatic N) is 2. The molecular formula is C19H15F2N3O4S. The lowest BCUT2D eigenvalue weighted by atomic mass is 10.2. The molecule has 29 heavy (non-hydrogen) atoms. The average molecular weight is 419 g/mol. The highest BCUT2D eigenvalue weighted by Crippen LogP contribution is 2.32. The number of benzene rings is 1. The van der Waals surface area contributed by atoms with Gasteiger partial charge in [-0.15, -0.1) is 0 Å². The second kappa shape index (κ2) is 9.28. The third kappa shape index (κ3) is 5.38. The third-order valence-corrected chi connectivity index (χ3v) is 4.75. The molecule has 1 aromatic carbocycles. The lowest BCUT2D eigenvalue weighted by molar-refractivity contribution is -0.122. The zero-order valence-electron chi connectivity index (χ0n) is 14.9. The summed E-state index contributed by atoms with van der Waals surface area (Å²) in [5, 5.41) is 2.19. The Bertz CT molecular complexity index is 936. The average Bonchev–Trinajstić information content (AvgIpc) is 2.97. The molecule has 0 unspecified atom stereocenters. The Balaban J connectivity index is 1.57. The molecule has 0 aliphatic carbocycles. The lowest BCUT2D eigenvalue weighted by Gasteiger charge is -2.13. The number of aromatic nitrogens is 1. The Kier molecular flexibility index (Phi) is 6.55. The lowest BCUT2D eigenvalue weighted by Crippen LogP contribution is -2.37. The standard InChI is InChI=1S/C19H15F2N3O4S/c20-18(21)28-14-3-1-12(2-4-14)11-15-17(26)24(19(27)29-15)10-9-23-16(25)13-5-7-22-8-6-13/h1-8,11,18H,9-10H2,(H,23,25)/b15-11+. The maximum atomic E-state index is 12.4. The fourth-order valence-corrected chi connectivity index (χ4v) is 3.34. The molecule has 1 saturated heterocycles. The van der Waals surface area contributed by atoms with Gasteiger partial charge in [0.1, 0.15) is 5.75 Å². The number of hydrogen-bond acceptors (Lipinski definition) is 6. The van der Waals surface area contributed by atoms with Gasteiger partial charge in [0.15, 0.2) is 0 Å². The second-order valence-corrected chi connectivity index (χ2v) is 6.77. The molecule has 1 aromatic heterocycles. The summed E-state index contributed by atoms with van der Waals surface area (Å²) in [7, 11) is 0. The molecular weight excluding hydrogens is 404 g/mol. The van der Waals surface area contributed by atoms with Crippen molar-refractivity contribution in [2.75, 3.05) is 13.1 Å². The van der Waals surface area contributed by atoms with Crippen LogP contribution in [-0.4, -0.2) is 46.6 Å². The van der Waals surface area contributed by atoms with Crippen LogP contribution < -0.4 is 10.1 Å². The minimum atomic E-state index is -2.92. The highest BCUT2D eigenvalue weighted by atomic mass is 32.2. The molecule has 1 N–H and O–H groups in total. The summed E-state index contributed by atoms with van der Waals surface area (Å²) < 4.78 is 28.6. The first-order chi connectivity index (χ1) is 13.9. The first kappa shape index (κ1) is 20.5. The number of carbonyl (C=O) groups excluding carboxylic acids is 3. The predicted octanol–water partition coefficient (Wildman–Crippen LogP) is 3.15. The van der Waals surface area contributed by atoms with Crippen molar-refractivity contribution in [2.24, 2.45) is 0 Å². The fourth-order valence-electron chi connectivity index (χ4n) is 2.48. The molecule has 3 rings (SSSR count). The number of rotatable bonds is 7. The number of imide groups is 1. The van der Waals surface area contributed by atoms with Gasteiger partial charge in [-0.1, -0.05) is 12.1 Å². The molecule has 1 fully saturated rings. The Labute approximate surface area is 168 Å². The smallest absolute Gasteiger partial charge is 0.387 e. The van der Waals surface area contributed by atoms with Crippen molar-refractivity contribution in [2.45, 2.75) is 6.61 Å². The van der Waals surface area contributed by atoms with E-state index in [1.165, 1.54) is 42.7 Å². The van der Waals surface area contributed by atoms with Crippen LogP contribution in [0.15, 0.2) is 53.7 Å². The van der Waals surface area contributed by atoms with Gasteiger partial charge in [0, 0.05) is 31.0 Å². The van der Waals surface area contributed by atoms with E-state index < -0.39 is 17.8 Å². The summed E-state index contributed by atoms with van der Waals surface area (Å²) >= 11 is 0.773. The van der Waals surface area contributed by atoms with Crippen LogP contribution in [0.5, 0.6) is 5.75 Å². The summed E-state index contributed by atoms with van der Waals surface area (Å²) in [6.45, 7) is -2.79. The van der Waals surface area contributed by atoms with Crippen LogP contribution in [0.3, 0.4) is 0 Å². The number of alkyl halides is 2. The number of hydrogen-bond donors (Lipinski definition) is 1. The van der Waals surface area contributed by atoms with Crippen molar-refractivity contribution < 1.29 is 27.9 Å². The van der Waals surface area contributed by atoms with E-state index in [1.54, 1.807) is 12.1 Å². The van der Waals surface area contributed by atoms with Gasteiger partial charge in [0.05, 0.1) is 4.91 Å². The molecule has 0 bridgehead atoms. The fraction of sp³-hybridized carbons (Fsp3) is 0.158. The number of ether oxygens (including phenoxy) is 1. The van der Waals surface area contributed by atoms with E-state index in [0.717, 1.165) is 16.7 Å². The van der Waals surface area contributed by atoms with Gasteiger partial charge in [-0.2, -0.15) is 8.78 Å². The Morgan fingerprint density at radius 1 is 1.17 bits per heavy atom. The van der Waals surface area contributed by atoms with E-state index in [9.17, 15) is 23.2 Å². The van der Waals surface area contributed by atoms with Gasteiger partial charge in [0.2, 0.25) is 0 Å². The monoisotopic (exact) mass is 419 g/mol. The molecule has 7 nitrogen and oxygen atoms in total. The molecule has 1 aliphatic heterocycles. The Hall–Kier alpha value is -3.27. The number of carbonyl (C=O) groups is 3. The van der Waals surface area contributed by atoms with Crippen LogP contribution in [-0.2, 0) is 4.79 Å². The number of halogens is 2. The summed E-state index contributed by atoms with van der Waals surface area (Å²) in [6, 6.07) is 8.79. The first-order valence-corrected chi connectivity index (χ1v) is 9.24. The van der Waals surface area contributed by atoms with Crippen molar-refractivity contribution in [3.05, 3.63) is 64.8 Å². The maximum absolute atomic E-state index is 12.4. The van der Waals surface area contributed by atoms with E-state index in [-0.39, 0.29) is 29.7 Å². The largest absolute Gasteiger partial charge is 0.435 e. The third-order valence-electron chi connectivity index (χ3n) is 3.84. The van der Waals surface area contributed by atoms with Crippen molar-refractivity contribution in [1.82, 2.24) is 15.2 Å². The number of pyridine rings is 1. The van der Waals surface area contributed by atoms with Crippen LogP contribution in [0.25, 0.3) is 6.08 Å². The molecule has 0 atom stereocenters.